The van der Waals surface area contributed by atoms with Gasteiger partial charge in [0.2, 0.25) is 0 Å². The van der Waals surface area contributed by atoms with E-state index in [2.05, 4.69) is 20.8 Å². The molecule has 10 heteroatoms. The third-order valence-corrected chi connectivity index (χ3v) is 2.89. The molecule has 2 atom stereocenters. The number of carboxylic acid groups (broad SMARTS) is 3. The molecule has 0 aliphatic rings. The molecule has 10 nitrogen and oxygen atoms in total. The summed E-state index contributed by atoms with van der Waals surface area (Å²) in [6, 6.07) is -2.13. The SMILES string of the molecule is O=C(O)CCCC(NN[C@@H](Cc1cnc[nH]1)C(=O)O)C(=O)O. The van der Waals surface area contributed by atoms with Gasteiger partial charge < -0.3 is 20.3 Å². The number of aromatic nitrogens is 2. The zero-order chi connectivity index (χ0) is 16.5. The van der Waals surface area contributed by atoms with Crippen molar-refractivity contribution in [1.29, 1.82) is 0 Å². The van der Waals surface area contributed by atoms with E-state index in [1.807, 2.05) is 0 Å². The first-order valence-corrected chi connectivity index (χ1v) is 6.56. The van der Waals surface area contributed by atoms with Crippen molar-refractivity contribution in [3.63, 3.8) is 0 Å². The van der Waals surface area contributed by atoms with Crippen molar-refractivity contribution in [3.8, 4) is 0 Å². The summed E-state index contributed by atoms with van der Waals surface area (Å²) in [4.78, 5) is 39.1. The molecule has 0 bridgehead atoms. The quantitative estimate of drug-likeness (QED) is 0.287. The van der Waals surface area contributed by atoms with Crippen LogP contribution >= 0.6 is 0 Å². The highest BCUT2D eigenvalue weighted by atomic mass is 16.4. The number of nitrogens with one attached hydrogen (secondary N) is 3. The van der Waals surface area contributed by atoms with Crippen molar-refractivity contribution < 1.29 is 29.7 Å². The van der Waals surface area contributed by atoms with E-state index >= 15 is 0 Å². The number of carboxylic acids is 3. The molecular weight excluding hydrogens is 296 g/mol. The molecule has 0 aromatic carbocycles. The van der Waals surface area contributed by atoms with Crippen molar-refractivity contribution in [2.75, 3.05) is 0 Å². The molecule has 0 aliphatic carbocycles. The van der Waals surface area contributed by atoms with Crippen LogP contribution in [-0.4, -0.2) is 55.3 Å². The Balaban J connectivity index is 2.50. The zero-order valence-electron chi connectivity index (χ0n) is 11.7. The Bertz CT molecular complexity index is 504. The molecule has 0 amide bonds. The van der Waals surface area contributed by atoms with Gasteiger partial charge in [0.1, 0.15) is 12.1 Å². The minimum absolute atomic E-state index is 0.0605. The average Bonchev–Trinajstić information content (AvgIpc) is 2.92. The predicted molar refractivity (Wildman–Crippen MR) is 72.9 cm³/mol. The standard InChI is InChI=1S/C12H18N4O6/c17-10(18)3-1-2-8(11(19)20)15-16-9(12(21)22)4-7-5-13-6-14-7/h5-6,8-9,15-16H,1-4H2,(H,13,14)(H,17,18)(H,19,20)(H,21,22)/t8?,9-/m0/s1. The van der Waals surface area contributed by atoms with Crippen LogP contribution < -0.4 is 10.9 Å². The first kappa shape index (κ1) is 17.6. The summed E-state index contributed by atoms with van der Waals surface area (Å²) < 4.78 is 0. The molecule has 1 unspecified atom stereocenters. The van der Waals surface area contributed by atoms with Crippen LogP contribution in [-0.2, 0) is 20.8 Å². The van der Waals surface area contributed by atoms with Gasteiger partial charge in [-0.2, -0.15) is 0 Å². The highest BCUT2D eigenvalue weighted by molar-refractivity contribution is 5.75. The normalized spacial score (nSPS) is 13.5. The predicted octanol–water partition coefficient (Wildman–Crippen LogP) is -0.792. The molecule has 22 heavy (non-hydrogen) atoms. The van der Waals surface area contributed by atoms with Crippen LogP contribution in [0.2, 0.25) is 0 Å². The molecule has 1 aromatic heterocycles. The summed E-state index contributed by atoms with van der Waals surface area (Å²) in [5.74, 6) is -3.36. The van der Waals surface area contributed by atoms with Gasteiger partial charge in [0, 0.05) is 24.7 Å². The number of rotatable bonds is 11. The third kappa shape index (κ3) is 6.33. The van der Waals surface area contributed by atoms with Crippen molar-refractivity contribution in [2.45, 2.75) is 37.8 Å². The Kier molecular flexibility index (Phi) is 6.99. The number of nitrogens with zero attached hydrogens (tertiary/aromatic N) is 1. The Labute approximate surface area is 125 Å². The van der Waals surface area contributed by atoms with Crippen molar-refractivity contribution in [2.24, 2.45) is 0 Å². The second kappa shape index (κ2) is 8.74. The van der Waals surface area contributed by atoms with E-state index < -0.39 is 30.0 Å². The van der Waals surface area contributed by atoms with Crippen molar-refractivity contribution >= 4 is 17.9 Å². The lowest BCUT2D eigenvalue weighted by atomic mass is 10.1. The Morgan fingerprint density at radius 3 is 2.27 bits per heavy atom. The first-order valence-electron chi connectivity index (χ1n) is 6.56. The molecule has 0 saturated heterocycles. The summed E-state index contributed by atoms with van der Waals surface area (Å²) in [5.41, 5.74) is 5.46. The number of H-pyrrole nitrogens is 1. The van der Waals surface area contributed by atoms with Gasteiger partial charge in [-0.1, -0.05) is 0 Å². The lowest BCUT2D eigenvalue weighted by Gasteiger charge is -2.19. The number of imidazole rings is 1. The fourth-order valence-corrected chi connectivity index (χ4v) is 1.73. The average molecular weight is 314 g/mol. The first-order chi connectivity index (χ1) is 10.4. The van der Waals surface area contributed by atoms with Crippen LogP contribution in [0.4, 0.5) is 0 Å². The van der Waals surface area contributed by atoms with Gasteiger partial charge in [0.15, 0.2) is 0 Å². The molecule has 0 aliphatic heterocycles. The molecule has 0 radical (unpaired) electrons. The Morgan fingerprint density at radius 1 is 1.14 bits per heavy atom. The highest BCUT2D eigenvalue weighted by Crippen LogP contribution is 2.02. The topological polar surface area (TPSA) is 165 Å². The highest BCUT2D eigenvalue weighted by Gasteiger charge is 2.22. The number of hydrogen-bond donors (Lipinski definition) is 6. The molecule has 122 valence electrons. The molecular formula is C12H18N4O6. The fourth-order valence-electron chi connectivity index (χ4n) is 1.73. The maximum atomic E-state index is 11.1. The second-order valence-corrected chi connectivity index (χ2v) is 4.64. The van der Waals surface area contributed by atoms with Gasteiger partial charge in [-0.05, 0) is 12.8 Å². The largest absolute Gasteiger partial charge is 0.481 e. The van der Waals surface area contributed by atoms with Crippen LogP contribution in [0.15, 0.2) is 12.5 Å². The smallest absolute Gasteiger partial charge is 0.322 e. The minimum atomic E-state index is -1.19. The molecule has 0 saturated carbocycles. The van der Waals surface area contributed by atoms with E-state index in [1.54, 1.807) is 0 Å². The maximum Gasteiger partial charge on any atom is 0.322 e. The van der Waals surface area contributed by atoms with Crippen LogP contribution in [0, 0.1) is 0 Å². The van der Waals surface area contributed by atoms with E-state index in [9.17, 15) is 14.4 Å². The number of aliphatic carboxylic acids is 3. The molecule has 1 aromatic rings. The van der Waals surface area contributed by atoms with Crippen LogP contribution in [0.3, 0.4) is 0 Å². The summed E-state index contributed by atoms with van der Waals surface area (Å²) in [5, 5.41) is 26.7. The second-order valence-electron chi connectivity index (χ2n) is 4.64. The van der Waals surface area contributed by atoms with Gasteiger partial charge in [0.25, 0.3) is 0 Å². The Morgan fingerprint density at radius 2 is 1.77 bits per heavy atom. The summed E-state index contributed by atoms with van der Waals surface area (Å²) in [7, 11) is 0. The van der Waals surface area contributed by atoms with E-state index in [4.69, 9.17) is 15.3 Å². The molecule has 1 rings (SSSR count). The van der Waals surface area contributed by atoms with Crippen LogP contribution in [0.25, 0.3) is 0 Å². The van der Waals surface area contributed by atoms with Gasteiger partial charge in [-0.15, -0.1) is 0 Å². The van der Waals surface area contributed by atoms with Crippen LogP contribution in [0.5, 0.6) is 0 Å². The summed E-state index contributed by atoms with van der Waals surface area (Å²) in [6.45, 7) is 0. The van der Waals surface area contributed by atoms with Gasteiger partial charge in [0.05, 0.1) is 6.33 Å². The monoisotopic (exact) mass is 314 g/mol. The van der Waals surface area contributed by atoms with Gasteiger partial charge >= 0.3 is 17.9 Å². The van der Waals surface area contributed by atoms with E-state index in [0.29, 0.717) is 5.69 Å². The van der Waals surface area contributed by atoms with E-state index in [-0.39, 0.29) is 25.7 Å². The molecule has 1 heterocycles. The third-order valence-electron chi connectivity index (χ3n) is 2.89. The van der Waals surface area contributed by atoms with Crippen LogP contribution in [0.1, 0.15) is 25.0 Å². The lowest BCUT2D eigenvalue weighted by molar-refractivity contribution is -0.143. The zero-order valence-corrected chi connectivity index (χ0v) is 11.7. The lowest BCUT2D eigenvalue weighted by Crippen LogP contribution is -2.53. The minimum Gasteiger partial charge on any atom is -0.481 e. The number of hydrogen-bond acceptors (Lipinski definition) is 6. The van der Waals surface area contributed by atoms with Gasteiger partial charge in [-0.3, -0.25) is 14.4 Å². The number of hydrazine groups is 1. The maximum absolute atomic E-state index is 11.1. The van der Waals surface area contributed by atoms with Gasteiger partial charge in [-0.25, -0.2) is 15.8 Å². The molecule has 6 N–H and O–H groups in total. The summed E-state index contributed by atoms with van der Waals surface area (Å²) >= 11 is 0. The molecule has 0 fully saturated rings. The Hall–Kier alpha value is -2.46. The van der Waals surface area contributed by atoms with E-state index in [0.717, 1.165) is 0 Å². The number of carbonyl (C=O) groups is 3. The number of aromatic amines is 1. The van der Waals surface area contributed by atoms with Crippen molar-refractivity contribution in [1.82, 2.24) is 20.8 Å². The van der Waals surface area contributed by atoms with Crippen molar-refractivity contribution in [3.05, 3.63) is 18.2 Å². The summed E-state index contributed by atoms with van der Waals surface area (Å²) in [6.07, 6.45) is 3.04. The molecule has 0 spiro atoms. The van der Waals surface area contributed by atoms with E-state index in [1.165, 1.54) is 12.5 Å². The fraction of sp³-hybridized carbons (Fsp3) is 0.500.